The molecule has 0 bridgehead atoms. The van der Waals surface area contributed by atoms with Crippen molar-refractivity contribution in [1.29, 1.82) is 0 Å². The second-order valence-electron chi connectivity index (χ2n) is 2.67. The third-order valence-corrected chi connectivity index (χ3v) is 1.96. The Kier molecular flexibility index (Phi) is 2.34. The zero-order chi connectivity index (χ0) is 9.97. The Hall–Kier alpha value is -1.59. The van der Waals surface area contributed by atoms with Gasteiger partial charge < -0.3 is 0 Å². The Bertz CT molecular complexity index is 400. The maximum absolute atomic E-state index is 5.76. The highest BCUT2D eigenvalue weighted by Crippen LogP contribution is 2.18. The molecule has 14 heavy (non-hydrogen) atoms. The van der Waals surface area contributed by atoms with Gasteiger partial charge in [-0.05, 0) is 18.2 Å². The zero-order valence-electron chi connectivity index (χ0n) is 7.18. The van der Waals surface area contributed by atoms with Gasteiger partial charge in [0, 0.05) is 11.8 Å². The summed E-state index contributed by atoms with van der Waals surface area (Å²) < 4.78 is 0. The quantitative estimate of drug-likeness (QED) is 0.529. The van der Waals surface area contributed by atoms with Gasteiger partial charge in [-0.15, -0.1) is 0 Å². The number of hydrogen-bond acceptors (Lipinski definition) is 5. The molecule has 6 heteroatoms. The van der Waals surface area contributed by atoms with Crippen LogP contribution in [0, 0.1) is 0 Å². The first kappa shape index (κ1) is 8.98. The first-order chi connectivity index (χ1) is 6.77. The van der Waals surface area contributed by atoms with Gasteiger partial charge in [-0.1, -0.05) is 11.6 Å². The fourth-order valence-electron chi connectivity index (χ4n) is 1.13. The van der Waals surface area contributed by atoms with Crippen molar-refractivity contribution in [2.45, 2.75) is 0 Å². The summed E-state index contributed by atoms with van der Waals surface area (Å²) in [5.41, 5.74) is 4.26. The second-order valence-corrected chi connectivity index (χ2v) is 3.05. The Morgan fingerprint density at radius 2 is 2.36 bits per heavy atom. The number of pyridine rings is 1. The van der Waals surface area contributed by atoms with Crippen LogP contribution in [-0.4, -0.2) is 16.3 Å². The van der Waals surface area contributed by atoms with E-state index in [4.69, 9.17) is 17.4 Å². The lowest BCUT2D eigenvalue weighted by Crippen LogP contribution is -2.40. The number of rotatable bonds is 1. The highest BCUT2D eigenvalue weighted by Gasteiger charge is 2.09. The molecule has 0 saturated heterocycles. The maximum atomic E-state index is 5.76. The van der Waals surface area contributed by atoms with Crippen molar-refractivity contribution in [3.8, 4) is 0 Å². The molecule has 1 aliphatic heterocycles. The summed E-state index contributed by atoms with van der Waals surface area (Å²) in [4.78, 5) is 3.88. The molecule has 72 valence electrons. The van der Waals surface area contributed by atoms with E-state index in [9.17, 15) is 0 Å². The summed E-state index contributed by atoms with van der Waals surface area (Å²) in [6, 6.07) is 3.55. The molecule has 1 aliphatic rings. The number of nitrogens with zero attached hydrogens (tertiary/aromatic N) is 3. The highest BCUT2D eigenvalue weighted by atomic mass is 35.5. The number of hydrogen-bond donors (Lipinski definition) is 2. The minimum absolute atomic E-state index is 0.430. The summed E-state index contributed by atoms with van der Waals surface area (Å²) in [6.45, 7) is 0. The molecule has 0 aliphatic carbocycles. The molecule has 2 heterocycles. The minimum atomic E-state index is 0.430. The van der Waals surface area contributed by atoms with Gasteiger partial charge in [-0.25, -0.2) is 21.5 Å². The molecule has 0 fully saturated rings. The smallest absolute Gasteiger partial charge is 0.129 e. The Labute approximate surface area is 85.8 Å². The molecule has 2 rings (SSSR count). The molecule has 1 aromatic rings. The summed E-state index contributed by atoms with van der Waals surface area (Å²) in [5, 5.41) is 5.50. The zero-order valence-corrected chi connectivity index (χ0v) is 7.94. The molecule has 5 nitrogen and oxygen atoms in total. The van der Waals surface area contributed by atoms with Crippen LogP contribution in [0.4, 0.5) is 0 Å². The maximum Gasteiger partial charge on any atom is 0.129 e. The van der Waals surface area contributed by atoms with Gasteiger partial charge in [0.1, 0.15) is 5.15 Å². The normalized spacial score (nSPS) is 15.0. The monoisotopic (exact) mass is 209 g/mol. The molecule has 1 aromatic heterocycles. The molecule has 0 spiro atoms. The van der Waals surface area contributed by atoms with Gasteiger partial charge in [0.25, 0.3) is 0 Å². The van der Waals surface area contributed by atoms with Crippen LogP contribution in [0.2, 0.25) is 5.15 Å². The van der Waals surface area contributed by atoms with E-state index in [0.717, 1.165) is 11.3 Å². The molecule has 0 unspecified atom stereocenters. The molecule has 0 atom stereocenters. The summed E-state index contributed by atoms with van der Waals surface area (Å²) in [7, 11) is 0. The third kappa shape index (κ3) is 1.68. The molecule has 0 aromatic carbocycles. The van der Waals surface area contributed by atoms with Crippen LogP contribution < -0.4 is 11.4 Å². The summed E-state index contributed by atoms with van der Waals surface area (Å²) in [5.74, 6) is 5.64. The largest absolute Gasteiger partial charge is 0.245 e. The predicted octanol–water partition coefficient (Wildman–Crippen LogP) is 0.756. The second kappa shape index (κ2) is 3.65. The number of allylic oxidation sites excluding steroid dienone is 1. The van der Waals surface area contributed by atoms with Crippen molar-refractivity contribution in [3.05, 3.63) is 35.1 Å². The lowest BCUT2D eigenvalue weighted by Gasteiger charge is -2.22. The van der Waals surface area contributed by atoms with Crippen molar-refractivity contribution in [2.75, 3.05) is 0 Å². The number of hydrazone groups is 1. The van der Waals surface area contributed by atoms with Crippen LogP contribution in [0.3, 0.4) is 0 Å². The van der Waals surface area contributed by atoms with Gasteiger partial charge >= 0.3 is 0 Å². The van der Waals surface area contributed by atoms with E-state index in [-0.39, 0.29) is 0 Å². The van der Waals surface area contributed by atoms with Crippen molar-refractivity contribution in [3.63, 3.8) is 0 Å². The van der Waals surface area contributed by atoms with Crippen LogP contribution in [0.15, 0.2) is 29.5 Å². The van der Waals surface area contributed by atoms with Crippen molar-refractivity contribution >= 4 is 23.5 Å². The van der Waals surface area contributed by atoms with Crippen molar-refractivity contribution < 1.29 is 0 Å². The van der Waals surface area contributed by atoms with E-state index in [0.29, 0.717) is 5.15 Å². The van der Waals surface area contributed by atoms with Gasteiger partial charge in [-0.2, -0.15) is 5.10 Å². The standard InChI is InChI=1S/C8H8ClN5/c9-8-5-6(1-3-11-8)7-2-4-12-13-14(7)10/h1-5,13H,10H2. The fourth-order valence-corrected chi connectivity index (χ4v) is 1.31. The highest BCUT2D eigenvalue weighted by molar-refractivity contribution is 6.29. The molecular formula is C8H8ClN5. The predicted molar refractivity (Wildman–Crippen MR) is 54.9 cm³/mol. The molecule has 3 N–H and O–H groups in total. The Balaban J connectivity index is 2.39. The summed E-state index contributed by atoms with van der Waals surface area (Å²) >= 11 is 5.76. The molecule has 0 saturated carbocycles. The van der Waals surface area contributed by atoms with E-state index < -0.39 is 0 Å². The Morgan fingerprint density at radius 3 is 3.07 bits per heavy atom. The van der Waals surface area contributed by atoms with E-state index in [1.807, 2.05) is 6.07 Å². The Morgan fingerprint density at radius 1 is 1.50 bits per heavy atom. The number of aromatic nitrogens is 1. The third-order valence-electron chi connectivity index (χ3n) is 1.75. The SMILES string of the molecule is NN1NN=CC=C1c1ccnc(Cl)c1. The van der Waals surface area contributed by atoms with E-state index in [2.05, 4.69) is 15.6 Å². The van der Waals surface area contributed by atoms with Gasteiger partial charge in [0.15, 0.2) is 0 Å². The average Bonchev–Trinajstić information content (AvgIpc) is 2.18. The lowest BCUT2D eigenvalue weighted by atomic mass is 10.2. The number of nitrogens with one attached hydrogen (secondary N) is 1. The van der Waals surface area contributed by atoms with E-state index in [1.54, 1.807) is 24.6 Å². The average molecular weight is 210 g/mol. The van der Waals surface area contributed by atoms with Crippen LogP contribution in [0.25, 0.3) is 5.70 Å². The minimum Gasteiger partial charge on any atom is -0.245 e. The number of halogens is 1. The molecule has 0 radical (unpaired) electrons. The first-order valence-corrected chi connectivity index (χ1v) is 4.31. The van der Waals surface area contributed by atoms with E-state index in [1.165, 1.54) is 5.12 Å². The van der Waals surface area contributed by atoms with Crippen molar-refractivity contribution in [1.82, 2.24) is 15.6 Å². The van der Waals surface area contributed by atoms with Gasteiger partial charge in [0.05, 0.1) is 11.9 Å². The fraction of sp³-hybridized carbons (Fsp3) is 0. The van der Waals surface area contributed by atoms with Gasteiger partial charge in [-0.3, -0.25) is 0 Å². The lowest BCUT2D eigenvalue weighted by molar-refractivity contribution is 0.304. The van der Waals surface area contributed by atoms with Gasteiger partial charge in [0.2, 0.25) is 0 Å². The first-order valence-electron chi connectivity index (χ1n) is 3.93. The van der Waals surface area contributed by atoms with E-state index >= 15 is 0 Å². The summed E-state index contributed by atoms with van der Waals surface area (Å²) in [6.07, 6.45) is 5.02. The molecule has 0 amide bonds. The van der Waals surface area contributed by atoms with Crippen LogP contribution in [0.1, 0.15) is 5.56 Å². The number of hydrazine groups is 2. The van der Waals surface area contributed by atoms with Crippen LogP contribution in [0.5, 0.6) is 0 Å². The van der Waals surface area contributed by atoms with Crippen LogP contribution in [-0.2, 0) is 0 Å². The number of nitrogens with two attached hydrogens (primary N) is 1. The molecular weight excluding hydrogens is 202 g/mol. The topological polar surface area (TPSA) is 66.5 Å². The van der Waals surface area contributed by atoms with Crippen LogP contribution >= 0.6 is 11.6 Å². The van der Waals surface area contributed by atoms with Crippen molar-refractivity contribution in [2.24, 2.45) is 10.9 Å².